The van der Waals surface area contributed by atoms with E-state index in [2.05, 4.69) is 46.0 Å². The third kappa shape index (κ3) is 3.83. The summed E-state index contributed by atoms with van der Waals surface area (Å²) in [5.74, 6) is 2.45. The van der Waals surface area contributed by atoms with Crippen LogP contribution in [-0.2, 0) is 13.1 Å². The minimum atomic E-state index is 0.161. The van der Waals surface area contributed by atoms with Crippen molar-refractivity contribution >= 4 is 0 Å². The number of rotatable bonds is 6. The predicted octanol–water partition coefficient (Wildman–Crippen LogP) is 4.51. The van der Waals surface area contributed by atoms with Crippen LogP contribution in [-0.4, -0.2) is 37.3 Å². The van der Waals surface area contributed by atoms with Crippen LogP contribution in [0.3, 0.4) is 0 Å². The van der Waals surface area contributed by atoms with E-state index in [1.807, 2.05) is 24.3 Å². The normalized spacial score (nSPS) is 16.7. The van der Waals surface area contributed by atoms with Gasteiger partial charge in [0.1, 0.15) is 5.75 Å². The number of aryl methyl sites for hydroxylation is 1. The molecule has 1 aromatic heterocycles. The van der Waals surface area contributed by atoms with Crippen LogP contribution in [0.1, 0.15) is 29.3 Å². The summed E-state index contributed by atoms with van der Waals surface area (Å²) in [7, 11) is 5.09. The van der Waals surface area contributed by atoms with Gasteiger partial charge in [-0.05, 0) is 42.3 Å². The minimum absolute atomic E-state index is 0.161. The molecule has 3 aromatic rings. The number of benzene rings is 2. The van der Waals surface area contributed by atoms with E-state index in [1.165, 1.54) is 11.3 Å². The third-order valence-corrected chi connectivity index (χ3v) is 5.64. The molecule has 0 N–H and O–H groups in total. The van der Waals surface area contributed by atoms with Crippen molar-refractivity contribution in [3.05, 3.63) is 77.6 Å². The Kier molecular flexibility index (Phi) is 5.76. The molecule has 1 unspecified atom stereocenters. The molecule has 1 aliphatic heterocycles. The van der Waals surface area contributed by atoms with E-state index in [0.29, 0.717) is 0 Å². The molecule has 4 rings (SSSR count). The maximum atomic E-state index is 5.69. The Hall–Kier alpha value is -2.92. The molecule has 0 amide bonds. The molecular formula is C24H28N2O3. The fraction of sp³-hybridized carbons (Fsp3) is 0.333. The van der Waals surface area contributed by atoms with Gasteiger partial charge in [-0.2, -0.15) is 0 Å². The molecule has 0 fully saturated rings. The highest BCUT2D eigenvalue weighted by molar-refractivity contribution is 5.47. The van der Waals surface area contributed by atoms with Crippen LogP contribution in [0.5, 0.6) is 17.2 Å². The summed E-state index contributed by atoms with van der Waals surface area (Å²) in [6, 6.07) is 19.0. The highest BCUT2D eigenvalue weighted by Gasteiger charge is 2.28. The maximum absolute atomic E-state index is 5.69. The minimum Gasteiger partial charge on any atom is -0.497 e. The van der Waals surface area contributed by atoms with Crippen molar-refractivity contribution in [2.75, 3.05) is 27.9 Å². The zero-order valence-corrected chi connectivity index (χ0v) is 17.3. The molecule has 2 heterocycles. The largest absolute Gasteiger partial charge is 0.497 e. The molecule has 0 saturated carbocycles. The second-order valence-electron chi connectivity index (χ2n) is 7.28. The molecule has 0 spiro atoms. The van der Waals surface area contributed by atoms with Gasteiger partial charge in [-0.25, -0.2) is 0 Å². The molecule has 29 heavy (non-hydrogen) atoms. The quantitative estimate of drug-likeness (QED) is 0.618. The lowest BCUT2D eigenvalue weighted by molar-refractivity contribution is 0.216. The average molecular weight is 392 g/mol. The molecule has 0 aliphatic carbocycles. The van der Waals surface area contributed by atoms with Crippen LogP contribution < -0.4 is 14.2 Å². The zero-order valence-electron chi connectivity index (χ0n) is 17.3. The Bertz CT molecular complexity index is 949. The Morgan fingerprint density at radius 1 is 0.862 bits per heavy atom. The summed E-state index contributed by atoms with van der Waals surface area (Å²) in [6.45, 7) is 2.81. The van der Waals surface area contributed by atoms with Gasteiger partial charge >= 0.3 is 0 Å². The number of aromatic nitrogens is 1. The molecule has 5 heteroatoms. The van der Waals surface area contributed by atoms with Crippen molar-refractivity contribution < 1.29 is 14.2 Å². The molecule has 1 atom stereocenters. The standard InChI is InChI=1S/C24H28N2O3/c1-27-20-12-10-18(11-13-20)23-21-8-5-14-25(21)15-6-16-26(23)17-19-7-4-9-22(28-2)24(19)29-3/h4-5,7-14,23H,6,15-17H2,1-3H3. The lowest BCUT2D eigenvalue weighted by Gasteiger charge is -2.31. The monoisotopic (exact) mass is 392 g/mol. The van der Waals surface area contributed by atoms with Crippen LogP contribution in [0.25, 0.3) is 0 Å². The van der Waals surface area contributed by atoms with Crippen molar-refractivity contribution in [3.8, 4) is 17.2 Å². The van der Waals surface area contributed by atoms with E-state index in [9.17, 15) is 0 Å². The zero-order chi connectivity index (χ0) is 20.2. The summed E-state index contributed by atoms with van der Waals surface area (Å²) in [4.78, 5) is 2.53. The SMILES string of the molecule is COc1ccc(C2c3cccn3CCCN2Cc2cccc(OC)c2OC)cc1. The Balaban J connectivity index is 1.74. The maximum Gasteiger partial charge on any atom is 0.165 e. The van der Waals surface area contributed by atoms with Gasteiger partial charge in [-0.1, -0.05) is 24.3 Å². The van der Waals surface area contributed by atoms with Crippen molar-refractivity contribution in [2.45, 2.75) is 25.6 Å². The Morgan fingerprint density at radius 2 is 1.69 bits per heavy atom. The molecule has 0 bridgehead atoms. The molecule has 5 nitrogen and oxygen atoms in total. The average Bonchev–Trinajstić information content (AvgIpc) is 3.15. The number of ether oxygens (including phenoxy) is 3. The number of hydrogen-bond donors (Lipinski definition) is 0. The summed E-state index contributed by atoms with van der Waals surface area (Å²) in [6.07, 6.45) is 3.28. The van der Waals surface area contributed by atoms with E-state index in [4.69, 9.17) is 14.2 Å². The van der Waals surface area contributed by atoms with Crippen LogP contribution >= 0.6 is 0 Å². The first-order chi connectivity index (χ1) is 14.2. The van der Waals surface area contributed by atoms with Gasteiger partial charge in [-0.3, -0.25) is 4.90 Å². The van der Waals surface area contributed by atoms with E-state index >= 15 is 0 Å². The van der Waals surface area contributed by atoms with E-state index in [1.54, 1.807) is 21.3 Å². The van der Waals surface area contributed by atoms with Gasteiger partial charge in [0.25, 0.3) is 0 Å². The summed E-state index contributed by atoms with van der Waals surface area (Å²) >= 11 is 0. The first-order valence-electron chi connectivity index (χ1n) is 9.98. The van der Waals surface area contributed by atoms with Crippen LogP contribution in [0, 0.1) is 0 Å². The number of methoxy groups -OCH3 is 3. The second-order valence-corrected chi connectivity index (χ2v) is 7.28. The van der Waals surface area contributed by atoms with Gasteiger partial charge in [0.2, 0.25) is 0 Å². The van der Waals surface area contributed by atoms with Crippen molar-refractivity contribution in [3.63, 3.8) is 0 Å². The Morgan fingerprint density at radius 3 is 2.41 bits per heavy atom. The van der Waals surface area contributed by atoms with Gasteiger partial charge in [0.15, 0.2) is 11.5 Å². The highest BCUT2D eigenvalue weighted by atomic mass is 16.5. The predicted molar refractivity (Wildman–Crippen MR) is 114 cm³/mol. The Labute approximate surface area is 172 Å². The number of para-hydroxylation sites is 1. The van der Waals surface area contributed by atoms with Crippen molar-refractivity contribution in [1.82, 2.24) is 9.47 Å². The summed E-state index contributed by atoms with van der Waals surface area (Å²) in [5, 5.41) is 0. The number of nitrogens with zero attached hydrogens (tertiary/aromatic N) is 2. The topological polar surface area (TPSA) is 35.9 Å². The fourth-order valence-electron chi connectivity index (χ4n) is 4.27. The summed E-state index contributed by atoms with van der Waals surface area (Å²) in [5.41, 5.74) is 3.70. The van der Waals surface area contributed by atoms with Gasteiger partial charge < -0.3 is 18.8 Å². The van der Waals surface area contributed by atoms with Gasteiger partial charge in [0, 0.05) is 37.1 Å². The summed E-state index contributed by atoms with van der Waals surface area (Å²) < 4.78 is 18.9. The number of hydrogen-bond acceptors (Lipinski definition) is 4. The number of fused-ring (bicyclic) bond motifs is 1. The highest BCUT2D eigenvalue weighted by Crippen LogP contribution is 2.37. The first kappa shape index (κ1) is 19.4. The lowest BCUT2D eigenvalue weighted by Crippen LogP contribution is -2.29. The third-order valence-electron chi connectivity index (χ3n) is 5.64. The van der Waals surface area contributed by atoms with E-state index in [0.717, 1.165) is 48.9 Å². The lowest BCUT2D eigenvalue weighted by atomic mass is 10.0. The second kappa shape index (κ2) is 8.62. The van der Waals surface area contributed by atoms with Crippen molar-refractivity contribution in [1.29, 1.82) is 0 Å². The van der Waals surface area contributed by atoms with Crippen LogP contribution in [0.4, 0.5) is 0 Å². The molecule has 2 aromatic carbocycles. The molecule has 0 radical (unpaired) electrons. The van der Waals surface area contributed by atoms with Gasteiger partial charge in [0.05, 0.1) is 27.4 Å². The van der Waals surface area contributed by atoms with E-state index < -0.39 is 0 Å². The van der Waals surface area contributed by atoms with Gasteiger partial charge in [-0.15, -0.1) is 0 Å². The molecule has 1 aliphatic rings. The molecule has 0 saturated heterocycles. The van der Waals surface area contributed by atoms with Crippen LogP contribution in [0.2, 0.25) is 0 Å². The van der Waals surface area contributed by atoms with Crippen molar-refractivity contribution in [2.24, 2.45) is 0 Å². The first-order valence-corrected chi connectivity index (χ1v) is 9.98. The van der Waals surface area contributed by atoms with E-state index in [-0.39, 0.29) is 6.04 Å². The fourth-order valence-corrected chi connectivity index (χ4v) is 4.27. The van der Waals surface area contributed by atoms with Crippen LogP contribution in [0.15, 0.2) is 60.8 Å². The smallest absolute Gasteiger partial charge is 0.165 e. The molecule has 152 valence electrons. The molecular weight excluding hydrogens is 364 g/mol.